The van der Waals surface area contributed by atoms with Crippen molar-refractivity contribution >= 4 is 29.6 Å². The van der Waals surface area contributed by atoms with Crippen molar-refractivity contribution in [1.29, 1.82) is 0 Å². The predicted molar refractivity (Wildman–Crippen MR) is 90.5 cm³/mol. The maximum Gasteiger partial charge on any atom is 0.469 e. The van der Waals surface area contributed by atoms with Gasteiger partial charge >= 0.3 is 7.82 Å². The molecular weight excluding hydrogens is 333 g/mol. The van der Waals surface area contributed by atoms with Gasteiger partial charge in [-0.3, -0.25) is 4.52 Å². The third-order valence-electron chi connectivity index (χ3n) is 3.72. The Hall–Kier alpha value is -2.05. The van der Waals surface area contributed by atoms with Crippen LogP contribution in [0.25, 0.3) is 21.8 Å². The molecule has 0 saturated heterocycles. The second-order valence-electron chi connectivity index (χ2n) is 5.11. The van der Waals surface area contributed by atoms with Crippen LogP contribution in [0.1, 0.15) is 1.37 Å². The number of phosphoric ester groups is 1. The quantitative estimate of drug-likeness (QED) is 0.663. The van der Waals surface area contributed by atoms with Crippen LogP contribution in [0.3, 0.4) is 0 Å². The lowest BCUT2D eigenvalue weighted by Crippen LogP contribution is -2.04. The van der Waals surface area contributed by atoms with Gasteiger partial charge in [-0.25, -0.2) is 4.57 Å². The van der Waals surface area contributed by atoms with Crippen LogP contribution < -0.4 is 9.47 Å². The first-order chi connectivity index (χ1) is 11.8. The molecule has 0 bridgehead atoms. The standard InChI is InChI=1S/C16H18NO6P/c1-21-11-3-5-15-13(9-11)14-10-12(22-2)4-6-16(14)17(15)7-8-23-24(18,19)20/h3-6,9-10H,7-8H2,1-2H3,(H2,18,19,20)/i7D. The number of phosphoric acid groups is 1. The average Bonchev–Trinajstić information content (AvgIpc) is 2.91. The minimum Gasteiger partial charge on any atom is -0.497 e. The topological polar surface area (TPSA) is 90.2 Å². The number of aromatic nitrogens is 1. The van der Waals surface area contributed by atoms with E-state index in [0.717, 1.165) is 21.8 Å². The maximum atomic E-state index is 10.9. The van der Waals surface area contributed by atoms with Crippen molar-refractivity contribution < 1.29 is 29.7 Å². The van der Waals surface area contributed by atoms with E-state index in [0.29, 0.717) is 11.5 Å². The highest BCUT2D eigenvalue weighted by Gasteiger charge is 2.16. The smallest absolute Gasteiger partial charge is 0.469 e. The van der Waals surface area contributed by atoms with Crippen molar-refractivity contribution in [3.8, 4) is 11.5 Å². The summed E-state index contributed by atoms with van der Waals surface area (Å²) in [6, 6.07) is 10.9. The van der Waals surface area contributed by atoms with Gasteiger partial charge in [0.25, 0.3) is 0 Å². The predicted octanol–water partition coefficient (Wildman–Crippen LogP) is 2.92. The SMILES string of the molecule is [2H]C(COP(=O)(O)O)n1c2ccc(OC)cc2c2cc(OC)ccc21. The van der Waals surface area contributed by atoms with E-state index in [-0.39, 0.29) is 0 Å². The van der Waals surface area contributed by atoms with Crippen molar-refractivity contribution in [2.24, 2.45) is 0 Å². The Bertz CT molecular complexity index is 905. The number of nitrogens with zero attached hydrogens (tertiary/aromatic N) is 1. The van der Waals surface area contributed by atoms with Gasteiger partial charge in [0.1, 0.15) is 11.5 Å². The van der Waals surface area contributed by atoms with Crippen LogP contribution in [0.15, 0.2) is 36.4 Å². The zero-order chi connectivity index (χ0) is 18.2. The fourth-order valence-electron chi connectivity index (χ4n) is 2.67. The monoisotopic (exact) mass is 352 g/mol. The van der Waals surface area contributed by atoms with Crippen LogP contribution in [-0.4, -0.2) is 35.2 Å². The van der Waals surface area contributed by atoms with Crippen molar-refractivity contribution in [3.63, 3.8) is 0 Å². The molecule has 0 aliphatic heterocycles. The van der Waals surface area contributed by atoms with Crippen LogP contribution in [0.5, 0.6) is 11.5 Å². The second-order valence-corrected chi connectivity index (χ2v) is 6.34. The summed E-state index contributed by atoms with van der Waals surface area (Å²) in [5.41, 5.74) is 1.47. The van der Waals surface area contributed by atoms with Crippen molar-refractivity contribution in [3.05, 3.63) is 36.4 Å². The second kappa shape index (κ2) is 6.45. The molecule has 128 valence electrons. The van der Waals surface area contributed by atoms with Gasteiger partial charge in [-0.05, 0) is 36.4 Å². The van der Waals surface area contributed by atoms with Crippen LogP contribution in [0, 0.1) is 0 Å². The summed E-state index contributed by atoms with van der Waals surface area (Å²) in [7, 11) is -1.50. The molecule has 1 atom stereocenters. The Morgan fingerprint density at radius 2 is 1.54 bits per heavy atom. The summed E-state index contributed by atoms with van der Waals surface area (Å²) < 4.78 is 36.0. The molecule has 0 spiro atoms. The number of methoxy groups -OCH3 is 2. The van der Waals surface area contributed by atoms with E-state index in [2.05, 4.69) is 4.52 Å². The Morgan fingerprint density at radius 1 is 1.04 bits per heavy atom. The molecule has 0 saturated carbocycles. The number of ether oxygens (including phenoxy) is 2. The van der Waals surface area contributed by atoms with Gasteiger partial charge in [-0.1, -0.05) is 0 Å². The highest BCUT2D eigenvalue weighted by Crippen LogP contribution is 2.37. The van der Waals surface area contributed by atoms with Crippen molar-refractivity contribution in [2.45, 2.75) is 6.52 Å². The summed E-state index contributed by atoms with van der Waals surface area (Å²) in [6.07, 6.45) is 0. The molecular formula is C16H18NO6P. The van der Waals surface area contributed by atoms with Crippen molar-refractivity contribution in [2.75, 3.05) is 20.8 Å². The van der Waals surface area contributed by atoms with Crippen LogP contribution >= 0.6 is 7.82 Å². The molecule has 8 heteroatoms. The van der Waals surface area contributed by atoms with Gasteiger partial charge in [0.05, 0.1) is 22.2 Å². The number of hydrogen-bond donors (Lipinski definition) is 2. The summed E-state index contributed by atoms with van der Waals surface area (Å²) in [5, 5.41) is 1.70. The minimum atomic E-state index is -4.64. The molecule has 1 unspecified atom stereocenters. The molecule has 0 radical (unpaired) electrons. The molecule has 2 N–H and O–H groups in total. The Labute approximate surface area is 140 Å². The van der Waals surface area contributed by atoms with E-state index in [4.69, 9.17) is 20.6 Å². The van der Waals surface area contributed by atoms with Gasteiger partial charge in [-0.2, -0.15) is 0 Å². The Balaban J connectivity index is 2.20. The summed E-state index contributed by atoms with van der Waals surface area (Å²) in [4.78, 5) is 17.8. The van der Waals surface area contributed by atoms with Crippen molar-refractivity contribution in [1.82, 2.24) is 4.57 Å². The van der Waals surface area contributed by atoms with Gasteiger partial charge in [0.2, 0.25) is 0 Å². The highest BCUT2D eigenvalue weighted by atomic mass is 31.2. The molecule has 3 aromatic rings. The maximum absolute atomic E-state index is 10.9. The van der Waals surface area contributed by atoms with E-state index in [1.165, 1.54) is 0 Å². The molecule has 7 nitrogen and oxygen atoms in total. The molecule has 1 aromatic heterocycles. The third-order valence-corrected chi connectivity index (χ3v) is 4.20. The minimum absolute atomic E-state index is 0.443. The van der Waals surface area contributed by atoms with Crippen LogP contribution in [-0.2, 0) is 15.6 Å². The largest absolute Gasteiger partial charge is 0.497 e. The fraction of sp³-hybridized carbons (Fsp3) is 0.250. The van der Waals surface area contributed by atoms with E-state index >= 15 is 0 Å². The molecule has 24 heavy (non-hydrogen) atoms. The number of benzene rings is 2. The van der Waals surface area contributed by atoms with Gasteiger partial charge in [0.15, 0.2) is 0 Å². The summed E-state index contributed by atoms with van der Waals surface area (Å²) >= 11 is 0. The van der Waals surface area contributed by atoms with E-state index in [1.54, 1.807) is 43.1 Å². The Kier molecular flexibility index (Phi) is 4.16. The molecule has 0 amide bonds. The van der Waals surface area contributed by atoms with Gasteiger partial charge in [-0.15, -0.1) is 0 Å². The highest BCUT2D eigenvalue weighted by molar-refractivity contribution is 7.46. The van der Waals surface area contributed by atoms with Gasteiger partial charge in [0, 0.05) is 28.3 Å². The van der Waals surface area contributed by atoms with E-state index in [1.807, 2.05) is 12.1 Å². The zero-order valence-electron chi connectivity index (χ0n) is 14.2. The molecule has 1 heterocycles. The first-order valence-corrected chi connectivity index (χ1v) is 8.65. The fourth-order valence-corrected chi connectivity index (χ4v) is 2.93. The lowest BCUT2D eigenvalue weighted by atomic mass is 10.1. The first-order valence-electron chi connectivity index (χ1n) is 7.70. The number of fused-ring (bicyclic) bond motifs is 3. The zero-order valence-corrected chi connectivity index (χ0v) is 14.1. The molecule has 2 aromatic carbocycles. The summed E-state index contributed by atoms with van der Waals surface area (Å²) in [5.74, 6) is 1.34. The summed E-state index contributed by atoms with van der Waals surface area (Å²) in [6.45, 7) is -1.48. The van der Waals surface area contributed by atoms with E-state index < -0.39 is 21.0 Å². The lowest BCUT2D eigenvalue weighted by molar-refractivity contribution is 0.192. The normalized spacial score (nSPS) is 13.9. The molecule has 0 aliphatic rings. The van der Waals surface area contributed by atoms with Crippen LogP contribution in [0.2, 0.25) is 0 Å². The molecule has 3 rings (SSSR count). The molecule has 0 fully saturated rings. The number of rotatable bonds is 6. The number of hydrogen-bond acceptors (Lipinski definition) is 4. The van der Waals surface area contributed by atoms with Crippen LogP contribution in [0.4, 0.5) is 0 Å². The van der Waals surface area contributed by atoms with E-state index in [9.17, 15) is 4.57 Å². The van der Waals surface area contributed by atoms with Gasteiger partial charge < -0.3 is 23.8 Å². The Morgan fingerprint density at radius 3 is 1.96 bits per heavy atom. The lowest BCUT2D eigenvalue weighted by Gasteiger charge is -2.09. The average molecular weight is 352 g/mol. The molecule has 0 aliphatic carbocycles. The third kappa shape index (κ3) is 3.25. The first kappa shape index (κ1) is 15.5.